The van der Waals surface area contributed by atoms with E-state index in [1.165, 1.54) is 31.4 Å². The SMILES string of the molecule is CN=C(NCCC(=O)NC1CCCCC1)NCCc1c[nH]c2cc(F)ccc12. The first-order valence-electron chi connectivity index (χ1n) is 10.1. The molecule has 0 bridgehead atoms. The second-order valence-electron chi connectivity index (χ2n) is 7.33. The molecule has 0 atom stereocenters. The van der Waals surface area contributed by atoms with Crippen molar-refractivity contribution in [2.75, 3.05) is 20.1 Å². The highest BCUT2D eigenvalue weighted by Crippen LogP contribution is 2.19. The van der Waals surface area contributed by atoms with Crippen LogP contribution >= 0.6 is 0 Å². The van der Waals surface area contributed by atoms with E-state index in [2.05, 4.69) is 25.9 Å². The maximum Gasteiger partial charge on any atom is 0.221 e. The van der Waals surface area contributed by atoms with Crippen LogP contribution in [0.5, 0.6) is 0 Å². The van der Waals surface area contributed by atoms with Gasteiger partial charge in [0.15, 0.2) is 5.96 Å². The average molecular weight is 388 g/mol. The third kappa shape index (κ3) is 5.71. The first kappa shape index (κ1) is 20.2. The molecule has 1 aliphatic carbocycles. The zero-order valence-electron chi connectivity index (χ0n) is 16.5. The van der Waals surface area contributed by atoms with Crippen LogP contribution in [-0.4, -0.2) is 43.0 Å². The van der Waals surface area contributed by atoms with Crippen LogP contribution in [0.15, 0.2) is 29.4 Å². The molecule has 0 aliphatic heterocycles. The maximum absolute atomic E-state index is 13.3. The third-order valence-electron chi connectivity index (χ3n) is 5.25. The lowest BCUT2D eigenvalue weighted by molar-refractivity contribution is -0.121. The third-order valence-corrected chi connectivity index (χ3v) is 5.25. The van der Waals surface area contributed by atoms with Crippen LogP contribution in [0.3, 0.4) is 0 Å². The summed E-state index contributed by atoms with van der Waals surface area (Å²) in [4.78, 5) is 19.4. The van der Waals surface area contributed by atoms with Gasteiger partial charge in [-0.05, 0) is 43.0 Å². The first-order chi connectivity index (χ1) is 13.7. The van der Waals surface area contributed by atoms with Crippen LogP contribution in [0.4, 0.5) is 4.39 Å². The minimum Gasteiger partial charge on any atom is -0.361 e. The molecule has 1 saturated carbocycles. The number of aromatic amines is 1. The molecule has 4 N–H and O–H groups in total. The number of halogens is 1. The molecule has 0 unspecified atom stereocenters. The minimum absolute atomic E-state index is 0.0980. The van der Waals surface area contributed by atoms with E-state index in [1.54, 1.807) is 13.1 Å². The van der Waals surface area contributed by atoms with Crippen molar-refractivity contribution in [1.29, 1.82) is 0 Å². The highest BCUT2D eigenvalue weighted by Gasteiger charge is 2.15. The summed E-state index contributed by atoms with van der Waals surface area (Å²) in [5.41, 5.74) is 1.94. The molecule has 1 aliphatic rings. The lowest BCUT2D eigenvalue weighted by Gasteiger charge is -2.22. The van der Waals surface area contributed by atoms with Gasteiger partial charge in [-0.2, -0.15) is 0 Å². The predicted molar refractivity (Wildman–Crippen MR) is 111 cm³/mol. The van der Waals surface area contributed by atoms with Crippen molar-refractivity contribution in [3.8, 4) is 0 Å². The summed E-state index contributed by atoms with van der Waals surface area (Å²) >= 11 is 0. The first-order valence-corrected chi connectivity index (χ1v) is 10.1. The van der Waals surface area contributed by atoms with Gasteiger partial charge in [-0.1, -0.05) is 19.3 Å². The molecular weight excluding hydrogens is 357 g/mol. The Kier molecular flexibility index (Phi) is 7.28. The molecule has 2 aromatic rings. The van der Waals surface area contributed by atoms with E-state index in [9.17, 15) is 9.18 Å². The lowest BCUT2D eigenvalue weighted by atomic mass is 9.95. The number of guanidine groups is 1. The molecule has 1 heterocycles. The van der Waals surface area contributed by atoms with E-state index in [1.807, 2.05) is 6.20 Å². The van der Waals surface area contributed by atoms with Crippen LogP contribution in [0.1, 0.15) is 44.1 Å². The second kappa shape index (κ2) is 10.1. The molecule has 1 aromatic heterocycles. The Morgan fingerprint density at radius 3 is 2.79 bits per heavy atom. The van der Waals surface area contributed by atoms with Crippen molar-refractivity contribution >= 4 is 22.8 Å². The van der Waals surface area contributed by atoms with Crippen LogP contribution < -0.4 is 16.0 Å². The number of amides is 1. The quantitative estimate of drug-likeness (QED) is 0.436. The molecule has 1 aromatic carbocycles. The Bertz CT molecular complexity index is 810. The van der Waals surface area contributed by atoms with E-state index in [0.717, 1.165) is 35.7 Å². The Balaban J connectivity index is 1.36. The highest BCUT2D eigenvalue weighted by atomic mass is 19.1. The minimum atomic E-state index is -0.240. The Labute approximate surface area is 165 Å². The van der Waals surface area contributed by atoms with Gasteiger partial charge >= 0.3 is 0 Å². The van der Waals surface area contributed by atoms with Gasteiger partial charge in [-0.25, -0.2) is 4.39 Å². The van der Waals surface area contributed by atoms with Gasteiger partial charge in [0.1, 0.15) is 5.82 Å². The van der Waals surface area contributed by atoms with Crippen LogP contribution in [0, 0.1) is 5.82 Å². The van der Waals surface area contributed by atoms with E-state index >= 15 is 0 Å². The number of carbonyl (C=O) groups is 1. The van der Waals surface area contributed by atoms with Crippen molar-refractivity contribution in [3.05, 3.63) is 35.8 Å². The molecule has 3 rings (SSSR count). The number of fused-ring (bicyclic) bond motifs is 1. The number of hydrogen-bond acceptors (Lipinski definition) is 2. The summed E-state index contributed by atoms with van der Waals surface area (Å²) in [6, 6.07) is 5.13. The fourth-order valence-electron chi connectivity index (χ4n) is 3.74. The van der Waals surface area contributed by atoms with Gasteiger partial charge in [0.2, 0.25) is 5.91 Å². The van der Waals surface area contributed by atoms with Crippen molar-refractivity contribution in [1.82, 2.24) is 20.9 Å². The zero-order valence-corrected chi connectivity index (χ0v) is 16.5. The standard InChI is InChI=1S/C21H30FN5O/c1-23-21(25-12-10-20(28)27-17-5-3-2-4-6-17)24-11-9-15-14-26-19-13-16(22)7-8-18(15)19/h7-8,13-14,17,26H,2-6,9-12H2,1H3,(H,27,28)(H2,23,24,25). The molecule has 0 radical (unpaired) electrons. The van der Waals surface area contributed by atoms with Gasteiger partial charge in [0.25, 0.3) is 0 Å². The van der Waals surface area contributed by atoms with Crippen molar-refractivity contribution in [2.24, 2.45) is 4.99 Å². The summed E-state index contributed by atoms with van der Waals surface area (Å²) in [5.74, 6) is 0.536. The number of aromatic nitrogens is 1. The summed E-state index contributed by atoms with van der Waals surface area (Å²) in [5, 5.41) is 10.6. The Hall–Kier alpha value is -2.57. The molecule has 1 fully saturated rings. The zero-order chi connectivity index (χ0) is 19.8. The van der Waals surface area contributed by atoms with Crippen molar-refractivity contribution in [3.63, 3.8) is 0 Å². The highest BCUT2D eigenvalue weighted by molar-refractivity contribution is 5.84. The fraction of sp³-hybridized carbons (Fsp3) is 0.524. The predicted octanol–water partition coefficient (Wildman–Crippen LogP) is 2.85. The van der Waals surface area contributed by atoms with Crippen molar-refractivity contribution in [2.45, 2.75) is 51.0 Å². The molecule has 0 saturated heterocycles. The van der Waals surface area contributed by atoms with Crippen LogP contribution in [-0.2, 0) is 11.2 Å². The largest absolute Gasteiger partial charge is 0.361 e. The number of carbonyl (C=O) groups excluding carboxylic acids is 1. The van der Waals surface area contributed by atoms with E-state index in [0.29, 0.717) is 31.5 Å². The van der Waals surface area contributed by atoms with Gasteiger partial charge in [0.05, 0.1) is 0 Å². The van der Waals surface area contributed by atoms with Crippen LogP contribution in [0.25, 0.3) is 10.9 Å². The number of aliphatic imine (C=N–C) groups is 1. The van der Waals surface area contributed by atoms with Gasteiger partial charge in [0, 0.05) is 49.7 Å². The number of nitrogens with zero attached hydrogens (tertiary/aromatic N) is 1. The summed E-state index contributed by atoms with van der Waals surface area (Å²) in [6.45, 7) is 1.24. The Morgan fingerprint density at radius 2 is 2.00 bits per heavy atom. The average Bonchev–Trinajstić information content (AvgIpc) is 3.09. The number of rotatable bonds is 7. The topological polar surface area (TPSA) is 81.3 Å². The molecule has 28 heavy (non-hydrogen) atoms. The smallest absolute Gasteiger partial charge is 0.221 e. The monoisotopic (exact) mass is 387 g/mol. The molecular formula is C21H30FN5O. The van der Waals surface area contributed by atoms with Gasteiger partial charge in [-0.3, -0.25) is 9.79 Å². The summed E-state index contributed by atoms with van der Waals surface area (Å²) in [6.07, 6.45) is 9.05. The van der Waals surface area contributed by atoms with Crippen LogP contribution in [0.2, 0.25) is 0 Å². The Morgan fingerprint density at radius 1 is 1.21 bits per heavy atom. The molecule has 7 heteroatoms. The summed E-state index contributed by atoms with van der Waals surface area (Å²) in [7, 11) is 1.71. The molecule has 6 nitrogen and oxygen atoms in total. The number of nitrogens with one attached hydrogen (secondary N) is 4. The number of benzene rings is 1. The molecule has 152 valence electrons. The van der Waals surface area contributed by atoms with E-state index in [-0.39, 0.29) is 11.7 Å². The van der Waals surface area contributed by atoms with Gasteiger partial charge < -0.3 is 20.9 Å². The normalized spacial score (nSPS) is 15.6. The number of H-pyrrole nitrogens is 1. The van der Waals surface area contributed by atoms with Crippen molar-refractivity contribution < 1.29 is 9.18 Å². The van der Waals surface area contributed by atoms with Gasteiger partial charge in [-0.15, -0.1) is 0 Å². The molecule has 1 amide bonds. The van der Waals surface area contributed by atoms with E-state index in [4.69, 9.17) is 0 Å². The summed E-state index contributed by atoms with van der Waals surface area (Å²) < 4.78 is 13.3. The lowest BCUT2D eigenvalue weighted by Crippen LogP contribution is -2.41. The number of hydrogen-bond donors (Lipinski definition) is 4. The fourth-order valence-corrected chi connectivity index (χ4v) is 3.74. The second-order valence-corrected chi connectivity index (χ2v) is 7.33. The van der Waals surface area contributed by atoms with E-state index < -0.39 is 0 Å². The molecule has 0 spiro atoms. The maximum atomic E-state index is 13.3.